The number of carbonyl (C=O) groups excluding carboxylic acids is 4. The molecule has 1 aliphatic rings. The van der Waals surface area contributed by atoms with E-state index < -0.39 is 41.2 Å². The number of alkyl carbamates (subject to hydrolysis) is 1. The number of rotatable bonds is 18. The Morgan fingerprint density at radius 1 is 0.850 bits per heavy atom. The summed E-state index contributed by atoms with van der Waals surface area (Å²) >= 11 is 0. The number of nitrogens with zero attached hydrogens (tertiary/aromatic N) is 4. The van der Waals surface area contributed by atoms with Gasteiger partial charge in [0.05, 0.1) is 37.2 Å². The molecule has 3 heterocycles. The van der Waals surface area contributed by atoms with E-state index >= 15 is 0 Å². The summed E-state index contributed by atoms with van der Waals surface area (Å²) < 4.78 is 4.72. The summed E-state index contributed by atoms with van der Waals surface area (Å²) in [6.07, 6.45) is 0.998. The van der Waals surface area contributed by atoms with Crippen LogP contribution in [0.25, 0.3) is 11.3 Å². The maximum absolute atomic E-state index is 14.6. The molecule has 4 aromatic rings. The van der Waals surface area contributed by atoms with Gasteiger partial charge in [-0.1, -0.05) is 101 Å². The Kier molecular flexibility index (Phi) is 15.4. The van der Waals surface area contributed by atoms with E-state index in [0.29, 0.717) is 32.5 Å². The van der Waals surface area contributed by atoms with Gasteiger partial charge in [0.15, 0.2) is 0 Å². The Morgan fingerprint density at radius 2 is 1.55 bits per heavy atom. The summed E-state index contributed by atoms with van der Waals surface area (Å²) in [4.78, 5) is 66.4. The van der Waals surface area contributed by atoms with Gasteiger partial charge < -0.3 is 35.6 Å². The number of carbonyl (C=O) groups is 4. The van der Waals surface area contributed by atoms with Crippen molar-refractivity contribution in [2.75, 3.05) is 26.7 Å². The first-order valence-electron chi connectivity index (χ1n) is 20.6. The van der Waals surface area contributed by atoms with Crippen molar-refractivity contribution < 1.29 is 29.0 Å². The summed E-state index contributed by atoms with van der Waals surface area (Å²) in [6, 6.07) is 26.7. The minimum absolute atomic E-state index is 0.0977. The van der Waals surface area contributed by atoms with Gasteiger partial charge in [-0.25, -0.2) is 9.59 Å². The largest absolute Gasteiger partial charge is 0.453 e. The number of aliphatic hydroxyl groups excluding tert-OH is 1. The van der Waals surface area contributed by atoms with E-state index in [9.17, 15) is 24.3 Å². The molecule has 13 heteroatoms. The monoisotopic (exact) mass is 819 g/mol. The fourth-order valence-electron chi connectivity index (χ4n) is 7.72. The quantitative estimate of drug-likeness (QED) is 0.0938. The lowest BCUT2D eigenvalue weighted by atomic mass is 9.84. The number of pyridine rings is 2. The average Bonchev–Trinajstić information content (AvgIpc) is 3.54. The highest BCUT2D eigenvalue weighted by Crippen LogP contribution is 2.29. The fourth-order valence-corrected chi connectivity index (χ4v) is 7.72. The number of amides is 5. The van der Waals surface area contributed by atoms with Crippen molar-refractivity contribution >= 4 is 23.9 Å². The third kappa shape index (κ3) is 13.1. The van der Waals surface area contributed by atoms with Gasteiger partial charge in [0.25, 0.3) is 0 Å². The molecule has 320 valence electrons. The topological polar surface area (TPSA) is 166 Å². The van der Waals surface area contributed by atoms with Crippen LogP contribution in [0, 0.1) is 17.8 Å². The van der Waals surface area contributed by atoms with E-state index in [1.807, 2.05) is 133 Å². The Labute approximate surface area is 354 Å². The van der Waals surface area contributed by atoms with Gasteiger partial charge in [0, 0.05) is 49.6 Å². The number of nitrogens with one attached hydrogen (secondary N) is 3. The summed E-state index contributed by atoms with van der Waals surface area (Å²) in [5, 5.41) is 21.2. The van der Waals surface area contributed by atoms with Crippen molar-refractivity contribution in [3.8, 4) is 11.3 Å². The second-order valence-corrected chi connectivity index (χ2v) is 17.6. The molecule has 1 fully saturated rings. The molecule has 5 rings (SSSR count). The number of urea groups is 1. The first kappa shape index (κ1) is 45.3. The minimum atomic E-state index is -1.10. The maximum atomic E-state index is 14.6. The molecule has 60 heavy (non-hydrogen) atoms. The van der Waals surface area contributed by atoms with Gasteiger partial charge in [-0.15, -0.1) is 0 Å². The molecule has 0 bridgehead atoms. The van der Waals surface area contributed by atoms with E-state index in [0.717, 1.165) is 33.8 Å². The lowest BCUT2D eigenvalue weighted by Gasteiger charge is -2.38. The molecule has 13 nitrogen and oxygen atoms in total. The fraction of sp³-hybridized carbons (Fsp3) is 0.447. The first-order valence-corrected chi connectivity index (χ1v) is 20.6. The highest BCUT2D eigenvalue weighted by atomic mass is 16.5. The van der Waals surface area contributed by atoms with Crippen LogP contribution in [0.4, 0.5) is 9.59 Å². The lowest BCUT2D eigenvalue weighted by Crippen LogP contribution is -2.58. The standard InChI is InChI=1S/C47H61N7O6/c1-32-14-13-17-36(50-32)30-53-24-25-54(45(53)59)42(46(2,3)4)43(57)52-39(27-33-15-9-8-10-16-33)40(55)28-37(51-41(56)29-47(5,6)31-49-44(58)60-7)26-34-19-21-35(22-20-34)38-18-11-12-23-48-38/h8-23,37,39-40,42,55H,24-31H2,1-7H3,(H,49,58)(H,51,56)(H,52,57). The smallest absolute Gasteiger partial charge is 0.406 e. The maximum Gasteiger partial charge on any atom is 0.406 e. The third-order valence-electron chi connectivity index (χ3n) is 10.7. The van der Waals surface area contributed by atoms with Crippen molar-refractivity contribution in [2.45, 2.75) is 98.0 Å². The molecule has 0 radical (unpaired) electrons. The summed E-state index contributed by atoms with van der Waals surface area (Å²) in [5.41, 5.74) is 4.03. The van der Waals surface area contributed by atoms with E-state index in [1.165, 1.54) is 7.11 Å². The Bertz CT molecular complexity index is 2040. The first-order chi connectivity index (χ1) is 28.5. The van der Waals surface area contributed by atoms with Crippen LogP contribution in [-0.4, -0.2) is 99.8 Å². The number of aromatic nitrogens is 2. The van der Waals surface area contributed by atoms with Crippen LogP contribution in [0.1, 0.15) is 70.0 Å². The summed E-state index contributed by atoms with van der Waals surface area (Å²) in [6.45, 7) is 12.8. The highest BCUT2D eigenvalue weighted by molar-refractivity contribution is 5.89. The van der Waals surface area contributed by atoms with Crippen LogP contribution < -0.4 is 16.0 Å². The van der Waals surface area contributed by atoms with Gasteiger partial charge in [-0.3, -0.25) is 19.6 Å². The molecule has 4 unspecified atom stereocenters. The Morgan fingerprint density at radius 3 is 2.20 bits per heavy atom. The van der Waals surface area contributed by atoms with Crippen LogP contribution in [0.15, 0.2) is 97.2 Å². The van der Waals surface area contributed by atoms with Gasteiger partial charge in [-0.2, -0.15) is 0 Å². The minimum Gasteiger partial charge on any atom is -0.453 e. The number of methoxy groups -OCH3 is 1. The van der Waals surface area contributed by atoms with Gasteiger partial charge in [-0.05, 0) is 72.4 Å². The molecule has 1 saturated heterocycles. The Balaban J connectivity index is 1.38. The van der Waals surface area contributed by atoms with Gasteiger partial charge >= 0.3 is 12.1 Å². The molecule has 4 atom stereocenters. The van der Waals surface area contributed by atoms with Gasteiger partial charge in [0.1, 0.15) is 6.04 Å². The average molecular weight is 820 g/mol. The highest BCUT2D eigenvalue weighted by Gasteiger charge is 2.44. The van der Waals surface area contributed by atoms with E-state index in [1.54, 1.807) is 16.0 Å². The number of aryl methyl sites for hydroxylation is 1. The van der Waals surface area contributed by atoms with Crippen molar-refractivity contribution in [3.05, 3.63) is 120 Å². The predicted molar refractivity (Wildman–Crippen MR) is 232 cm³/mol. The van der Waals surface area contributed by atoms with Crippen LogP contribution in [-0.2, 0) is 33.7 Å². The number of aliphatic hydroxyl groups is 1. The molecule has 2 aromatic carbocycles. The zero-order chi connectivity index (χ0) is 43.5. The second kappa shape index (κ2) is 20.4. The molecule has 1 aliphatic heterocycles. The number of ether oxygens (including phenoxy) is 1. The van der Waals surface area contributed by atoms with E-state index in [-0.39, 0.29) is 37.2 Å². The molecule has 0 saturated carbocycles. The van der Waals surface area contributed by atoms with Crippen molar-refractivity contribution in [2.24, 2.45) is 10.8 Å². The number of hydrogen-bond donors (Lipinski definition) is 4. The summed E-state index contributed by atoms with van der Waals surface area (Å²) in [5.74, 6) is -0.611. The molecule has 0 spiro atoms. The number of benzene rings is 2. The molecule has 5 amide bonds. The number of hydrogen-bond acceptors (Lipinski definition) is 8. The van der Waals surface area contributed by atoms with Gasteiger partial charge in [0.2, 0.25) is 11.8 Å². The van der Waals surface area contributed by atoms with Crippen molar-refractivity contribution in [1.29, 1.82) is 0 Å². The van der Waals surface area contributed by atoms with Crippen LogP contribution in [0.5, 0.6) is 0 Å². The van der Waals surface area contributed by atoms with E-state index in [2.05, 4.69) is 25.9 Å². The molecule has 0 aliphatic carbocycles. The van der Waals surface area contributed by atoms with Crippen LogP contribution in [0.2, 0.25) is 0 Å². The third-order valence-corrected chi connectivity index (χ3v) is 10.7. The molecule has 4 N–H and O–H groups in total. The molecular weight excluding hydrogens is 759 g/mol. The predicted octanol–water partition coefficient (Wildman–Crippen LogP) is 6.08. The normalized spacial score (nSPS) is 15.2. The summed E-state index contributed by atoms with van der Waals surface area (Å²) in [7, 11) is 1.29. The zero-order valence-electron chi connectivity index (χ0n) is 36.0. The van der Waals surface area contributed by atoms with Crippen molar-refractivity contribution in [3.63, 3.8) is 0 Å². The van der Waals surface area contributed by atoms with Crippen LogP contribution in [0.3, 0.4) is 0 Å². The van der Waals surface area contributed by atoms with E-state index in [4.69, 9.17) is 4.74 Å². The molecular formula is C47H61N7O6. The SMILES string of the molecule is COC(=O)NCC(C)(C)CC(=O)NC(Cc1ccc(-c2ccccn2)cc1)CC(O)C(Cc1ccccc1)NC(=O)C(N1CCN(Cc2cccc(C)n2)C1=O)C(C)(C)C. The Hall–Kier alpha value is -5.82. The van der Waals surface area contributed by atoms with Crippen LogP contribution >= 0.6 is 0 Å². The lowest BCUT2D eigenvalue weighted by molar-refractivity contribution is -0.130. The molecule has 2 aromatic heterocycles. The second-order valence-electron chi connectivity index (χ2n) is 17.6. The van der Waals surface area contributed by atoms with Crippen molar-refractivity contribution in [1.82, 2.24) is 35.7 Å². The zero-order valence-corrected chi connectivity index (χ0v) is 36.0.